The lowest BCUT2D eigenvalue weighted by Gasteiger charge is -2.08. The Morgan fingerprint density at radius 2 is 2.00 bits per heavy atom. The number of nitrogens with zero attached hydrogens (tertiary/aromatic N) is 2. The molecule has 0 saturated carbocycles. The number of fused-ring (bicyclic) bond motifs is 1. The summed E-state index contributed by atoms with van der Waals surface area (Å²) in [6.45, 7) is 1.73. The molecule has 1 aromatic heterocycles. The maximum absolute atomic E-state index is 5.46. The molecule has 0 atom stereocenters. The van der Waals surface area contributed by atoms with Crippen molar-refractivity contribution in [3.63, 3.8) is 0 Å². The van der Waals surface area contributed by atoms with Gasteiger partial charge in [-0.25, -0.2) is 0 Å². The summed E-state index contributed by atoms with van der Waals surface area (Å²) in [5, 5.41) is 12.6. The van der Waals surface area contributed by atoms with E-state index in [1.54, 1.807) is 6.20 Å². The average Bonchev–Trinajstić information content (AvgIpc) is 2.39. The zero-order chi connectivity index (χ0) is 11.9. The molecule has 17 heavy (non-hydrogen) atoms. The molecule has 3 N–H and O–H groups in total. The van der Waals surface area contributed by atoms with Crippen molar-refractivity contribution in [3.05, 3.63) is 30.5 Å². The minimum atomic E-state index is 0.778. The van der Waals surface area contributed by atoms with E-state index in [1.165, 1.54) is 6.42 Å². The SMILES string of the molecule is NCCCCCNc1cnnc2ccccc12. The lowest BCUT2D eigenvalue weighted by Crippen LogP contribution is -2.04. The fraction of sp³-hybridized carbons (Fsp3) is 0.385. The summed E-state index contributed by atoms with van der Waals surface area (Å²) < 4.78 is 0. The Hall–Kier alpha value is -1.68. The largest absolute Gasteiger partial charge is 0.383 e. The summed E-state index contributed by atoms with van der Waals surface area (Å²) in [5.74, 6) is 0. The minimum absolute atomic E-state index is 0.778. The van der Waals surface area contributed by atoms with Crippen LogP contribution in [0.3, 0.4) is 0 Å². The fourth-order valence-corrected chi connectivity index (χ4v) is 1.82. The highest BCUT2D eigenvalue weighted by molar-refractivity contribution is 5.90. The number of nitrogens with two attached hydrogens (primary N) is 1. The third-order valence-corrected chi connectivity index (χ3v) is 2.74. The number of hydrogen-bond acceptors (Lipinski definition) is 4. The van der Waals surface area contributed by atoms with E-state index in [9.17, 15) is 0 Å². The van der Waals surface area contributed by atoms with Crippen LogP contribution in [0.15, 0.2) is 30.5 Å². The zero-order valence-corrected chi connectivity index (χ0v) is 9.89. The molecule has 0 amide bonds. The number of anilines is 1. The molecule has 0 fully saturated rings. The van der Waals surface area contributed by atoms with Gasteiger partial charge in [-0.3, -0.25) is 0 Å². The van der Waals surface area contributed by atoms with Crippen molar-refractivity contribution in [1.29, 1.82) is 0 Å². The summed E-state index contributed by atoms with van der Waals surface area (Å²) in [6.07, 6.45) is 5.18. The standard InChI is InChI=1S/C13H18N4/c14-8-4-1-5-9-15-13-10-16-17-12-7-3-2-6-11(12)13/h2-3,6-7,10H,1,4-5,8-9,14H2,(H,15,17). The lowest BCUT2D eigenvalue weighted by molar-refractivity contribution is 0.707. The van der Waals surface area contributed by atoms with Crippen LogP contribution in [-0.2, 0) is 0 Å². The Kier molecular flexibility index (Phi) is 4.27. The van der Waals surface area contributed by atoms with Crippen LogP contribution in [0.4, 0.5) is 5.69 Å². The van der Waals surface area contributed by atoms with Gasteiger partial charge in [0.05, 0.1) is 17.4 Å². The van der Waals surface area contributed by atoms with Crippen LogP contribution in [0.1, 0.15) is 19.3 Å². The van der Waals surface area contributed by atoms with E-state index in [0.717, 1.165) is 42.5 Å². The van der Waals surface area contributed by atoms with Crippen molar-refractivity contribution in [1.82, 2.24) is 10.2 Å². The number of rotatable bonds is 6. The van der Waals surface area contributed by atoms with E-state index >= 15 is 0 Å². The van der Waals surface area contributed by atoms with Crippen LogP contribution in [-0.4, -0.2) is 23.3 Å². The molecule has 1 heterocycles. The van der Waals surface area contributed by atoms with Gasteiger partial charge in [0.1, 0.15) is 0 Å². The van der Waals surface area contributed by atoms with Crippen molar-refractivity contribution in [2.24, 2.45) is 5.73 Å². The molecule has 4 heteroatoms. The Morgan fingerprint density at radius 3 is 2.88 bits per heavy atom. The van der Waals surface area contributed by atoms with Gasteiger partial charge in [0.25, 0.3) is 0 Å². The Bertz CT molecular complexity index is 464. The molecule has 0 radical (unpaired) electrons. The molecular weight excluding hydrogens is 212 g/mol. The lowest BCUT2D eigenvalue weighted by atomic mass is 10.2. The number of hydrogen-bond donors (Lipinski definition) is 2. The second kappa shape index (κ2) is 6.15. The van der Waals surface area contributed by atoms with Gasteiger partial charge < -0.3 is 11.1 Å². The molecule has 0 bridgehead atoms. The first-order chi connectivity index (χ1) is 8.42. The molecule has 2 rings (SSSR count). The summed E-state index contributed by atoms with van der Waals surface area (Å²) >= 11 is 0. The van der Waals surface area contributed by atoms with Gasteiger partial charge >= 0.3 is 0 Å². The minimum Gasteiger partial charge on any atom is -0.383 e. The van der Waals surface area contributed by atoms with Crippen LogP contribution in [0.2, 0.25) is 0 Å². The van der Waals surface area contributed by atoms with Crippen molar-refractivity contribution in [2.75, 3.05) is 18.4 Å². The third-order valence-electron chi connectivity index (χ3n) is 2.74. The van der Waals surface area contributed by atoms with E-state index < -0.39 is 0 Å². The summed E-state index contributed by atoms with van der Waals surface area (Å²) in [7, 11) is 0. The van der Waals surface area contributed by atoms with Crippen LogP contribution in [0, 0.1) is 0 Å². The van der Waals surface area contributed by atoms with Crippen molar-refractivity contribution in [2.45, 2.75) is 19.3 Å². The van der Waals surface area contributed by atoms with Gasteiger partial charge in [-0.05, 0) is 25.5 Å². The molecule has 2 aromatic rings. The second-order valence-electron chi connectivity index (χ2n) is 4.05. The maximum atomic E-state index is 5.46. The fourth-order valence-electron chi connectivity index (χ4n) is 1.82. The number of aromatic nitrogens is 2. The number of nitrogens with one attached hydrogen (secondary N) is 1. The van der Waals surface area contributed by atoms with Crippen molar-refractivity contribution >= 4 is 16.6 Å². The quantitative estimate of drug-likeness (QED) is 0.746. The summed E-state index contributed by atoms with van der Waals surface area (Å²) in [5.41, 5.74) is 7.45. The van der Waals surface area contributed by atoms with E-state index in [2.05, 4.69) is 21.6 Å². The Morgan fingerprint density at radius 1 is 1.12 bits per heavy atom. The highest BCUT2D eigenvalue weighted by atomic mass is 15.1. The second-order valence-corrected chi connectivity index (χ2v) is 4.05. The zero-order valence-electron chi connectivity index (χ0n) is 9.89. The Labute approximate surface area is 101 Å². The number of unbranched alkanes of at least 4 members (excludes halogenated alkanes) is 2. The summed E-state index contributed by atoms with van der Waals surface area (Å²) in [6, 6.07) is 8.03. The highest BCUT2D eigenvalue weighted by Crippen LogP contribution is 2.19. The molecule has 0 aliphatic heterocycles. The topological polar surface area (TPSA) is 63.8 Å². The summed E-state index contributed by atoms with van der Waals surface area (Å²) in [4.78, 5) is 0. The predicted molar refractivity (Wildman–Crippen MR) is 70.9 cm³/mol. The van der Waals surface area contributed by atoms with Gasteiger partial charge in [0, 0.05) is 11.9 Å². The van der Waals surface area contributed by atoms with Gasteiger partial charge in [-0.1, -0.05) is 24.6 Å². The van der Waals surface area contributed by atoms with Crippen LogP contribution in [0.25, 0.3) is 10.9 Å². The Balaban J connectivity index is 1.98. The first kappa shape index (κ1) is 11.8. The van der Waals surface area contributed by atoms with Gasteiger partial charge in [-0.2, -0.15) is 10.2 Å². The smallest absolute Gasteiger partial charge is 0.0950 e. The number of benzene rings is 1. The first-order valence-corrected chi connectivity index (χ1v) is 6.06. The van der Waals surface area contributed by atoms with E-state index in [-0.39, 0.29) is 0 Å². The molecular formula is C13H18N4. The van der Waals surface area contributed by atoms with E-state index in [4.69, 9.17) is 5.73 Å². The molecule has 0 aliphatic carbocycles. The predicted octanol–water partition coefficient (Wildman–Crippen LogP) is 2.17. The van der Waals surface area contributed by atoms with E-state index in [1.807, 2.05) is 18.2 Å². The third kappa shape index (κ3) is 3.14. The molecule has 90 valence electrons. The van der Waals surface area contributed by atoms with Crippen molar-refractivity contribution < 1.29 is 0 Å². The van der Waals surface area contributed by atoms with E-state index in [0.29, 0.717) is 0 Å². The first-order valence-electron chi connectivity index (χ1n) is 6.06. The molecule has 1 aromatic carbocycles. The van der Waals surface area contributed by atoms with Crippen LogP contribution >= 0.6 is 0 Å². The molecule has 0 unspecified atom stereocenters. The van der Waals surface area contributed by atoms with Crippen LogP contribution < -0.4 is 11.1 Å². The monoisotopic (exact) mass is 230 g/mol. The normalized spacial score (nSPS) is 10.6. The van der Waals surface area contributed by atoms with Crippen LogP contribution in [0.5, 0.6) is 0 Å². The maximum Gasteiger partial charge on any atom is 0.0950 e. The molecule has 0 spiro atoms. The molecule has 0 saturated heterocycles. The van der Waals surface area contributed by atoms with Gasteiger partial charge in [0.2, 0.25) is 0 Å². The van der Waals surface area contributed by atoms with Crippen molar-refractivity contribution in [3.8, 4) is 0 Å². The average molecular weight is 230 g/mol. The molecule has 0 aliphatic rings. The van der Waals surface area contributed by atoms with Gasteiger partial charge in [-0.15, -0.1) is 0 Å². The highest BCUT2D eigenvalue weighted by Gasteiger charge is 2.00. The molecule has 4 nitrogen and oxygen atoms in total. The van der Waals surface area contributed by atoms with Gasteiger partial charge in [0.15, 0.2) is 0 Å².